The molecule has 1 unspecified atom stereocenters. The van der Waals surface area contributed by atoms with Crippen LogP contribution in [-0.4, -0.2) is 33.3 Å². The first-order chi connectivity index (χ1) is 5.58. The largest absolute Gasteiger partial charge is 0.379 e. The minimum absolute atomic E-state index is 0.395. The zero-order valence-corrected chi connectivity index (χ0v) is 9.56. The van der Waals surface area contributed by atoms with E-state index in [9.17, 15) is 0 Å². The number of rotatable bonds is 6. The van der Waals surface area contributed by atoms with Gasteiger partial charge >= 0.3 is 0 Å². The number of halogens is 1. The van der Waals surface area contributed by atoms with Gasteiger partial charge in [-0.15, -0.1) is 0 Å². The predicted molar refractivity (Wildman–Crippen MR) is 53.3 cm³/mol. The van der Waals surface area contributed by atoms with E-state index < -0.39 is 7.38 Å². The van der Waals surface area contributed by atoms with Gasteiger partial charge in [-0.1, -0.05) is 13.1 Å². The number of hydrogen-bond acceptors (Lipinski definition) is 2. The molecule has 0 amide bonds. The van der Waals surface area contributed by atoms with Gasteiger partial charge in [0, 0.05) is 6.61 Å². The summed E-state index contributed by atoms with van der Waals surface area (Å²) in [7, 11) is -1.36. The molecule has 1 heterocycles. The Morgan fingerprint density at radius 2 is 2.25 bits per heavy atom. The van der Waals surface area contributed by atoms with Gasteiger partial charge in [-0.25, -0.2) is 0 Å². The fourth-order valence-electron chi connectivity index (χ4n) is 0.974. The summed E-state index contributed by atoms with van der Waals surface area (Å²) in [5, 5.41) is 0. The standard InChI is InChI=1S/C8H17ClO2Si/c1-12(2,9)5-3-4-10-6-8-7-11-8/h8H,3-7H2,1-2H3. The molecular formula is C8H17ClO2Si. The first-order valence-corrected chi connectivity index (χ1v) is 8.68. The van der Waals surface area contributed by atoms with E-state index in [2.05, 4.69) is 13.1 Å². The number of epoxide rings is 1. The zero-order valence-electron chi connectivity index (χ0n) is 7.81. The molecule has 1 saturated heterocycles. The lowest BCUT2D eigenvalue weighted by Crippen LogP contribution is -2.16. The van der Waals surface area contributed by atoms with E-state index in [1.165, 1.54) is 0 Å². The van der Waals surface area contributed by atoms with Crippen LogP contribution in [-0.2, 0) is 9.47 Å². The van der Waals surface area contributed by atoms with Crippen molar-refractivity contribution >= 4 is 18.5 Å². The van der Waals surface area contributed by atoms with Gasteiger partial charge < -0.3 is 9.47 Å². The third kappa shape index (κ3) is 6.00. The Balaban J connectivity index is 1.82. The molecule has 1 aliphatic heterocycles. The van der Waals surface area contributed by atoms with Crippen LogP contribution in [0.4, 0.5) is 0 Å². The molecule has 1 aliphatic rings. The van der Waals surface area contributed by atoms with Crippen molar-refractivity contribution in [2.24, 2.45) is 0 Å². The fourth-order valence-corrected chi connectivity index (χ4v) is 2.36. The topological polar surface area (TPSA) is 21.8 Å². The molecule has 0 aromatic rings. The normalized spacial score (nSPS) is 22.8. The summed E-state index contributed by atoms with van der Waals surface area (Å²) >= 11 is 6.15. The molecule has 0 bridgehead atoms. The van der Waals surface area contributed by atoms with Gasteiger partial charge in [0.15, 0.2) is 7.38 Å². The summed E-state index contributed by atoms with van der Waals surface area (Å²) in [6.07, 6.45) is 1.49. The zero-order chi connectivity index (χ0) is 9.03. The van der Waals surface area contributed by atoms with Gasteiger partial charge in [-0.05, 0) is 12.5 Å². The predicted octanol–water partition coefficient (Wildman–Crippen LogP) is 2.24. The van der Waals surface area contributed by atoms with Crippen LogP contribution >= 0.6 is 11.1 Å². The van der Waals surface area contributed by atoms with Crippen LogP contribution in [0.3, 0.4) is 0 Å². The maximum Gasteiger partial charge on any atom is 0.150 e. The SMILES string of the molecule is C[Si](C)(Cl)CCCOCC1CO1. The Morgan fingerprint density at radius 3 is 2.75 bits per heavy atom. The van der Waals surface area contributed by atoms with E-state index in [-0.39, 0.29) is 0 Å². The second-order valence-corrected chi connectivity index (χ2v) is 10.9. The summed E-state index contributed by atoms with van der Waals surface area (Å²) in [4.78, 5) is 0. The van der Waals surface area contributed by atoms with Gasteiger partial charge in [0.2, 0.25) is 0 Å². The van der Waals surface area contributed by atoms with Crippen LogP contribution in [0, 0.1) is 0 Å². The maximum atomic E-state index is 6.15. The molecule has 1 fully saturated rings. The molecule has 4 heteroatoms. The molecule has 2 nitrogen and oxygen atoms in total. The quantitative estimate of drug-likeness (QED) is 0.289. The highest BCUT2D eigenvalue weighted by Gasteiger charge is 2.22. The van der Waals surface area contributed by atoms with Crippen molar-refractivity contribution < 1.29 is 9.47 Å². The van der Waals surface area contributed by atoms with Crippen molar-refractivity contribution in [3.8, 4) is 0 Å². The minimum atomic E-state index is -1.36. The van der Waals surface area contributed by atoms with Gasteiger partial charge in [-0.2, -0.15) is 11.1 Å². The minimum Gasteiger partial charge on any atom is -0.379 e. The molecule has 1 rings (SSSR count). The molecule has 72 valence electrons. The Kier molecular flexibility index (Phi) is 4.03. The highest BCUT2D eigenvalue weighted by molar-refractivity contribution is 7.19. The molecule has 0 N–H and O–H groups in total. The van der Waals surface area contributed by atoms with Crippen molar-refractivity contribution in [2.75, 3.05) is 19.8 Å². The summed E-state index contributed by atoms with van der Waals surface area (Å²) in [6, 6.07) is 1.14. The van der Waals surface area contributed by atoms with E-state index in [0.29, 0.717) is 6.10 Å². The summed E-state index contributed by atoms with van der Waals surface area (Å²) < 4.78 is 10.4. The molecule has 0 saturated carbocycles. The van der Waals surface area contributed by atoms with Crippen molar-refractivity contribution in [1.29, 1.82) is 0 Å². The van der Waals surface area contributed by atoms with Gasteiger partial charge in [-0.3, -0.25) is 0 Å². The smallest absolute Gasteiger partial charge is 0.150 e. The Labute approximate surface area is 79.9 Å². The molecule has 0 aliphatic carbocycles. The third-order valence-electron chi connectivity index (χ3n) is 1.77. The van der Waals surface area contributed by atoms with Crippen LogP contribution in [0.2, 0.25) is 19.1 Å². The van der Waals surface area contributed by atoms with Crippen molar-refractivity contribution in [3.05, 3.63) is 0 Å². The van der Waals surface area contributed by atoms with Crippen LogP contribution in [0.15, 0.2) is 0 Å². The van der Waals surface area contributed by atoms with Crippen LogP contribution in [0.1, 0.15) is 6.42 Å². The van der Waals surface area contributed by atoms with Gasteiger partial charge in [0.25, 0.3) is 0 Å². The molecule has 1 atom stereocenters. The molecule has 0 radical (unpaired) electrons. The average Bonchev–Trinajstić information content (AvgIpc) is 2.68. The second-order valence-electron chi connectivity index (χ2n) is 3.85. The second kappa shape index (κ2) is 4.60. The van der Waals surface area contributed by atoms with Crippen LogP contribution in [0.25, 0.3) is 0 Å². The fraction of sp³-hybridized carbons (Fsp3) is 1.00. The van der Waals surface area contributed by atoms with E-state index in [1.807, 2.05) is 0 Å². The van der Waals surface area contributed by atoms with E-state index in [0.717, 1.165) is 32.3 Å². The van der Waals surface area contributed by atoms with Crippen molar-refractivity contribution in [2.45, 2.75) is 31.7 Å². The molecule has 0 spiro atoms. The third-order valence-corrected chi connectivity index (χ3v) is 3.88. The summed E-state index contributed by atoms with van der Waals surface area (Å²) in [6.45, 7) is 6.82. The van der Waals surface area contributed by atoms with Crippen molar-refractivity contribution in [3.63, 3.8) is 0 Å². The monoisotopic (exact) mass is 208 g/mol. The lowest BCUT2D eigenvalue weighted by molar-refractivity contribution is 0.117. The molecule has 0 aromatic carbocycles. The Bertz CT molecular complexity index is 132. The van der Waals surface area contributed by atoms with E-state index in [1.54, 1.807) is 0 Å². The van der Waals surface area contributed by atoms with Crippen LogP contribution < -0.4 is 0 Å². The van der Waals surface area contributed by atoms with E-state index >= 15 is 0 Å². The molecule has 0 aromatic heterocycles. The van der Waals surface area contributed by atoms with Gasteiger partial charge in [0.05, 0.1) is 13.2 Å². The maximum absolute atomic E-state index is 6.15. The summed E-state index contributed by atoms with van der Waals surface area (Å²) in [5.74, 6) is 0. The summed E-state index contributed by atoms with van der Waals surface area (Å²) in [5.41, 5.74) is 0. The molecule has 12 heavy (non-hydrogen) atoms. The number of ether oxygens (including phenoxy) is 2. The first-order valence-electron chi connectivity index (χ1n) is 4.46. The van der Waals surface area contributed by atoms with E-state index in [4.69, 9.17) is 20.6 Å². The molecular weight excluding hydrogens is 192 g/mol. The van der Waals surface area contributed by atoms with Crippen LogP contribution in [0.5, 0.6) is 0 Å². The highest BCUT2D eigenvalue weighted by atomic mass is 35.6. The Hall–Kier alpha value is 0.427. The number of hydrogen-bond donors (Lipinski definition) is 0. The lowest BCUT2D eigenvalue weighted by atomic mass is 10.5. The lowest BCUT2D eigenvalue weighted by Gasteiger charge is -2.11. The first kappa shape index (κ1) is 10.5. The highest BCUT2D eigenvalue weighted by Crippen LogP contribution is 2.16. The average molecular weight is 209 g/mol. The van der Waals surface area contributed by atoms with Crippen molar-refractivity contribution in [1.82, 2.24) is 0 Å². The van der Waals surface area contributed by atoms with Gasteiger partial charge in [0.1, 0.15) is 6.10 Å². The Morgan fingerprint density at radius 1 is 1.58 bits per heavy atom.